The van der Waals surface area contributed by atoms with Crippen molar-refractivity contribution in [3.63, 3.8) is 0 Å². The Morgan fingerprint density at radius 3 is 2.67 bits per heavy atom. The van der Waals surface area contributed by atoms with Crippen LogP contribution in [0, 0.1) is 5.92 Å². The summed E-state index contributed by atoms with van der Waals surface area (Å²) in [6.45, 7) is 4.18. The van der Waals surface area contributed by atoms with Crippen LogP contribution in [0.1, 0.15) is 25.3 Å². The van der Waals surface area contributed by atoms with Gasteiger partial charge < -0.3 is 15.4 Å². The topological polar surface area (TPSA) is 72.9 Å². The summed E-state index contributed by atoms with van der Waals surface area (Å²) in [5, 5.41) is 1.17. The lowest BCUT2D eigenvalue weighted by Gasteiger charge is -2.32. The Hall–Kier alpha value is -2.28. The number of carbonyl (C=O) groups is 1. The molecule has 0 unspecified atom stereocenters. The van der Waals surface area contributed by atoms with Gasteiger partial charge in [0.15, 0.2) is 0 Å². The summed E-state index contributed by atoms with van der Waals surface area (Å²) >= 11 is 12.5. The molecule has 0 atom stereocenters. The van der Waals surface area contributed by atoms with Gasteiger partial charge in [-0.05, 0) is 43.5 Å². The molecule has 0 saturated carbocycles. The number of anilines is 1. The summed E-state index contributed by atoms with van der Waals surface area (Å²) in [6, 6.07) is 7.46. The molecule has 2 aromatic heterocycles. The molecule has 3 heterocycles. The fraction of sp³-hybridized carbons (Fsp3) is 0.364. The highest BCUT2D eigenvalue weighted by atomic mass is 35.5. The van der Waals surface area contributed by atoms with Crippen LogP contribution in [-0.2, 0) is 16.1 Å². The molecule has 30 heavy (non-hydrogen) atoms. The first-order valence-electron chi connectivity index (χ1n) is 10.1. The SMILES string of the molecule is CCOC(=O)C1CCN(c2cnc3cc(CN)c(-c4ccc(Cl)cc4Cl)cn23)CC1. The number of hydrogen-bond donors (Lipinski definition) is 1. The molecular formula is C22H24Cl2N4O2. The van der Waals surface area contributed by atoms with Crippen LogP contribution < -0.4 is 10.6 Å². The maximum atomic E-state index is 12.0. The molecule has 3 aromatic rings. The highest BCUT2D eigenvalue weighted by Gasteiger charge is 2.27. The summed E-state index contributed by atoms with van der Waals surface area (Å²) in [4.78, 5) is 18.9. The molecular weight excluding hydrogens is 423 g/mol. The number of carbonyl (C=O) groups excluding carboxylic acids is 1. The molecule has 0 radical (unpaired) electrons. The number of imidazole rings is 1. The number of aromatic nitrogens is 2. The Morgan fingerprint density at radius 1 is 1.23 bits per heavy atom. The third kappa shape index (κ3) is 4.00. The zero-order valence-electron chi connectivity index (χ0n) is 16.8. The van der Waals surface area contributed by atoms with Crippen molar-refractivity contribution in [1.82, 2.24) is 9.38 Å². The first kappa shape index (κ1) is 21.0. The minimum atomic E-state index is -0.0949. The van der Waals surface area contributed by atoms with E-state index in [9.17, 15) is 4.79 Å². The quantitative estimate of drug-likeness (QED) is 0.582. The molecule has 158 valence electrons. The molecule has 1 saturated heterocycles. The molecule has 4 rings (SSSR count). The summed E-state index contributed by atoms with van der Waals surface area (Å²) in [5.74, 6) is 0.859. The number of esters is 1. The lowest BCUT2D eigenvalue weighted by atomic mass is 9.97. The predicted molar refractivity (Wildman–Crippen MR) is 120 cm³/mol. The molecule has 8 heteroatoms. The second-order valence-corrected chi connectivity index (χ2v) is 8.24. The highest BCUT2D eigenvalue weighted by Crippen LogP contribution is 2.34. The van der Waals surface area contributed by atoms with Gasteiger partial charge >= 0.3 is 5.97 Å². The van der Waals surface area contributed by atoms with Gasteiger partial charge in [0.1, 0.15) is 11.5 Å². The van der Waals surface area contributed by atoms with Gasteiger partial charge in [-0.3, -0.25) is 9.20 Å². The van der Waals surface area contributed by atoms with Crippen LogP contribution in [0.3, 0.4) is 0 Å². The number of rotatable bonds is 5. The molecule has 1 aliphatic heterocycles. The normalized spacial score (nSPS) is 15.0. The number of halogens is 2. The number of nitrogens with two attached hydrogens (primary N) is 1. The van der Waals surface area contributed by atoms with Crippen molar-refractivity contribution in [3.05, 3.63) is 52.3 Å². The Labute approximate surface area is 185 Å². The summed E-state index contributed by atoms with van der Waals surface area (Å²) in [6.07, 6.45) is 5.44. The van der Waals surface area contributed by atoms with Crippen LogP contribution in [0.2, 0.25) is 10.0 Å². The number of nitrogens with zero attached hydrogens (tertiary/aromatic N) is 3. The Bertz CT molecular complexity index is 1070. The average Bonchev–Trinajstić information content (AvgIpc) is 3.16. The van der Waals surface area contributed by atoms with E-state index in [-0.39, 0.29) is 11.9 Å². The second-order valence-electron chi connectivity index (χ2n) is 7.40. The second kappa shape index (κ2) is 8.84. The number of hydrogen-bond acceptors (Lipinski definition) is 5. The van der Waals surface area contributed by atoms with Gasteiger partial charge in [0.2, 0.25) is 0 Å². The number of piperidine rings is 1. The third-order valence-electron chi connectivity index (χ3n) is 5.59. The number of fused-ring (bicyclic) bond motifs is 1. The summed E-state index contributed by atoms with van der Waals surface area (Å²) in [7, 11) is 0. The van der Waals surface area contributed by atoms with E-state index in [0.717, 1.165) is 54.1 Å². The molecule has 1 aromatic carbocycles. The average molecular weight is 447 g/mol. The lowest BCUT2D eigenvalue weighted by molar-refractivity contribution is -0.148. The fourth-order valence-electron chi connectivity index (χ4n) is 4.01. The van der Waals surface area contributed by atoms with Crippen LogP contribution in [0.5, 0.6) is 0 Å². The minimum absolute atomic E-state index is 0.0346. The van der Waals surface area contributed by atoms with Crippen molar-refractivity contribution in [2.45, 2.75) is 26.3 Å². The van der Waals surface area contributed by atoms with Crippen molar-refractivity contribution >= 4 is 40.6 Å². The van der Waals surface area contributed by atoms with Crippen LogP contribution in [-0.4, -0.2) is 35.1 Å². The molecule has 0 bridgehead atoms. The van der Waals surface area contributed by atoms with E-state index in [1.54, 1.807) is 6.07 Å². The van der Waals surface area contributed by atoms with E-state index in [0.29, 0.717) is 23.2 Å². The van der Waals surface area contributed by atoms with Gasteiger partial charge in [-0.15, -0.1) is 0 Å². The molecule has 6 nitrogen and oxygen atoms in total. The van der Waals surface area contributed by atoms with E-state index in [4.69, 9.17) is 33.7 Å². The number of ether oxygens (including phenoxy) is 1. The van der Waals surface area contributed by atoms with Gasteiger partial charge in [-0.25, -0.2) is 4.98 Å². The molecule has 2 N–H and O–H groups in total. The summed E-state index contributed by atoms with van der Waals surface area (Å²) in [5.41, 5.74) is 9.64. The van der Waals surface area contributed by atoms with Gasteiger partial charge in [0.05, 0.1) is 18.7 Å². The van der Waals surface area contributed by atoms with Crippen molar-refractivity contribution in [2.75, 3.05) is 24.6 Å². The fourth-order valence-corrected chi connectivity index (χ4v) is 4.52. The van der Waals surface area contributed by atoms with Crippen LogP contribution >= 0.6 is 23.2 Å². The van der Waals surface area contributed by atoms with E-state index in [1.165, 1.54) is 0 Å². The van der Waals surface area contributed by atoms with Gasteiger partial charge in [0, 0.05) is 47.0 Å². The van der Waals surface area contributed by atoms with Gasteiger partial charge in [-0.1, -0.05) is 29.3 Å². The zero-order chi connectivity index (χ0) is 21.3. The molecule has 0 spiro atoms. The smallest absolute Gasteiger partial charge is 0.309 e. The van der Waals surface area contributed by atoms with Crippen molar-refractivity contribution in [1.29, 1.82) is 0 Å². The molecule has 0 amide bonds. The lowest BCUT2D eigenvalue weighted by Crippen LogP contribution is -2.37. The van der Waals surface area contributed by atoms with Crippen LogP contribution in [0.15, 0.2) is 36.7 Å². The van der Waals surface area contributed by atoms with E-state index in [2.05, 4.69) is 14.3 Å². The van der Waals surface area contributed by atoms with Gasteiger partial charge in [0.25, 0.3) is 0 Å². The summed E-state index contributed by atoms with van der Waals surface area (Å²) < 4.78 is 7.24. The van der Waals surface area contributed by atoms with Crippen LogP contribution in [0.4, 0.5) is 5.82 Å². The minimum Gasteiger partial charge on any atom is -0.466 e. The van der Waals surface area contributed by atoms with E-state index in [1.807, 2.05) is 37.5 Å². The first-order valence-corrected chi connectivity index (χ1v) is 10.8. The van der Waals surface area contributed by atoms with E-state index < -0.39 is 0 Å². The monoisotopic (exact) mass is 446 g/mol. The van der Waals surface area contributed by atoms with Crippen molar-refractivity contribution < 1.29 is 9.53 Å². The van der Waals surface area contributed by atoms with E-state index >= 15 is 0 Å². The Balaban J connectivity index is 1.67. The molecule has 1 fully saturated rings. The predicted octanol–water partition coefficient (Wildman–Crippen LogP) is 4.55. The molecule has 0 aliphatic carbocycles. The number of pyridine rings is 1. The van der Waals surface area contributed by atoms with Crippen molar-refractivity contribution in [3.8, 4) is 11.1 Å². The van der Waals surface area contributed by atoms with Crippen molar-refractivity contribution in [2.24, 2.45) is 11.7 Å². The molecule has 1 aliphatic rings. The maximum absolute atomic E-state index is 12.0. The highest BCUT2D eigenvalue weighted by molar-refractivity contribution is 6.36. The first-order chi connectivity index (χ1) is 14.5. The Kier molecular flexibility index (Phi) is 6.18. The largest absolute Gasteiger partial charge is 0.466 e. The third-order valence-corrected chi connectivity index (χ3v) is 6.14. The Morgan fingerprint density at radius 2 is 2.00 bits per heavy atom. The standard InChI is InChI=1S/C22H24Cl2N4O2/c1-2-30-22(29)14-5-7-27(8-6-14)21-12-26-20-9-15(11-25)18(13-28(20)21)17-4-3-16(23)10-19(17)24/h3-4,9-10,12-14H,2,5-8,11,25H2,1H3. The van der Waals surface area contributed by atoms with Crippen LogP contribution in [0.25, 0.3) is 16.8 Å². The van der Waals surface area contributed by atoms with Gasteiger partial charge in [-0.2, -0.15) is 0 Å². The number of benzene rings is 1. The zero-order valence-corrected chi connectivity index (χ0v) is 18.3. The maximum Gasteiger partial charge on any atom is 0.309 e.